The standard InChI is InChI=1S/C27H31FN2O7/c1-4-30(3)22-15-9-12-8-14-20(17(32)10-13(21(14)28)16-6-5-7-29-16)23(33)19(12)26(36)27(15,37)25(35)18(11(2)31)24(22)34/h10,12,15-16,22,29,32-33,35,37H,4-9H2,1-3H3/t12-,15-,16?,22-,27+/m0/s1. The van der Waals surface area contributed by atoms with Crippen LogP contribution in [-0.4, -0.2) is 74.5 Å². The number of rotatable bonds is 4. The third-order valence-corrected chi connectivity index (χ3v) is 8.64. The van der Waals surface area contributed by atoms with Crippen LogP contribution in [0.1, 0.15) is 55.8 Å². The molecule has 1 aromatic carbocycles. The third-order valence-electron chi connectivity index (χ3n) is 8.64. The summed E-state index contributed by atoms with van der Waals surface area (Å²) in [5.74, 6) is -7.12. The Hall–Kier alpha value is -3.08. The Morgan fingerprint density at radius 3 is 2.57 bits per heavy atom. The van der Waals surface area contributed by atoms with Crippen LogP contribution in [0.5, 0.6) is 5.75 Å². The second-order valence-electron chi connectivity index (χ2n) is 10.6. The summed E-state index contributed by atoms with van der Waals surface area (Å²) in [5, 5.41) is 47.9. The fourth-order valence-electron chi connectivity index (χ4n) is 6.72. The number of halogens is 1. The Kier molecular flexibility index (Phi) is 6.04. The molecule has 2 fully saturated rings. The number of hydrogen-bond acceptors (Lipinski definition) is 9. The molecule has 37 heavy (non-hydrogen) atoms. The number of likely N-dealkylation sites (N-methyl/N-ethyl adjacent to an activating group) is 1. The molecular weight excluding hydrogens is 483 g/mol. The average Bonchev–Trinajstić information content (AvgIpc) is 3.37. The number of nitrogens with zero attached hydrogens (tertiary/aromatic N) is 1. The van der Waals surface area contributed by atoms with E-state index in [1.54, 1.807) is 18.9 Å². The smallest absolute Gasteiger partial charge is 0.202 e. The van der Waals surface area contributed by atoms with E-state index in [1.807, 2.05) is 0 Å². The molecular formula is C27H31FN2O7. The van der Waals surface area contributed by atoms with Crippen molar-refractivity contribution in [3.05, 3.63) is 45.5 Å². The van der Waals surface area contributed by atoms with E-state index in [2.05, 4.69) is 5.32 Å². The Bertz CT molecular complexity index is 1300. The first-order valence-corrected chi connectivity index (χ1v) is 12.6. The Labute approximate surface area is 213 Å². The van der Waals surface area contributed by atoms with Gasteiger partial charge in [0.1, 0.15) is 28.7 Å². The van der Waals surface area contributed by atoms with E-state index < -0.39 is 69.5 Å². The number of carbonyl (C=O) groups excluding carboxylic acids is 3. The zero-order valence-corrected chi connectivity index (χ0v) is 21.0. The highest BCUT2D eigenvalue weighted by molar-refractivity contribution is 6.25. The Morgan fingerprint density at radius 2 is 1.97 bits per heavy atom. The fraction of sp³-hybridized carbons (Fsp3) is 0.519. The molecule has 0 amide bonds. The van der Waals surface area contributed by atoms with Crippen LogP contribution in [-0.2, 0) is 20.8 Å². The molecule has 0 radical (unpaired) electrons. The summed E-state index contributed by atoms with van der Waals surface area (Å²) >= 11 is 0. The molecule has 1 saturated carbocycles. The van der Waals surface area contributed by atoms with E-state index in [-0.39, 0.29) is 41.1 Å². The predicted octanol–water partition coefficient (Wildman–Crippen LogP) is 2.02. The second-order valence-corrected chi connectivity index (χ2v) is 10.6. The predicted molar refractivity (Wildman–Crippen MR) is 130 cm³/mol. The quantitative estimate of drug-likeness (QED) is 0.381. The van der Waals surface area contributed by atoms with Crippen LogP contribution >= 0.6 is 0 Å². The summed E-state index contributed by atoms with van der Waals surface area (Å²) in [7, 11) is 1.62. The van der Waals surface area contributed by atoms with Crippen molar-refractivity contribution in [2.24, 2.45) is 11.8 Å². The molecule has 0 spiro atoms. The van der Waals surface area contributed by atoms with Crippen molar-refractivity contribution in [2.45, 2.75) is 57.2 Å². The molecule has 5 N–H and O–H groups in total. The minimum atomic E-state index is -2.64. The molecule has 5 atom stereocenters. The number of carbonyl (C=O) groups is 3. The number of phenols is 1. The largest absolute Gasteiger partial charge is 0.508 e. The molecule has 1 heterocycles. The average molecular weight is 515 g/mol. The molecule has 3 aliphatic carbocycles. The zero-order chi connectivity index (χ0) is 27.0. The number of aliphatic hydroxyl groups excluding tert-OH is 2. The first-order valence-electron chi connectivity index (χ1n) is 12.6. The van der Waals surface area contributed by atoms with E-state index >= 15 is 4.39 Å². The fourth-order valence-corrected chi connectivity index (χ4v) is 6.72. The van der Waals surface area contributed by atoms with Gasteiger partial charge in [0, 0.05) is 28.7 Å². The number of aliphatic hydroxyl groups is 3. The monoisotopic (exact) mass is 514 g/mol. The summed E-state index contributed by atoms with van der Waals surface area (Å²) in [4.78, 5) is 41.1. The van der Waals surface area contributed by atoms with Gasteiger partial charge in [0.05, 0.1) is 11.6 Å². The Morgan fingerprint density at radius 1 is 1.27 bits per heavy atom. The van der Waals surface area contributed by atoms with Gasteiger partial charge in [-0.1, -0.05) is 6.92 Å². The van der Waals surface area contributed by atoms with Crippen LogP contribution < -0.4 is 5.32 Å². The summed E-state index contributed by atoms with van der Waals surface area (Å²) in [6.07, 6.45) is 1.46. The van der Waals surface area contributed by atoms with Gasteiger partial charge in [0.2, 0.25) is 5.78 Å². The number of ketones is 3. The number of Topliss-reactive ketones (excluding diaryl/α,β-unsaturated/α-hetero) is 3. The van der Waals surface area contributed by atoms with Gasteiger partial charge in [-0.25, -0.2) is 4.39 Å². The summed E-state index contributed by atoms with van der Waals surface area (Å²) in [6, 6.07) is -0.130. The van der Waals surface area contributed by atoms with Crippen molar-refractivity contribution in [2.75, 3.05) is 20.1 Å². The summed E-state index contributed by atoms with van der Waals surface area (Å²) in [5.41, 5.74) is -3.40. The summed E-state index contributed by atoms with van der Waals surface area (Å²) in [6.45, 7) is 3.91. The van der Waals surface area contributed by atoms with Crippen LogP contribution in [0, 0.1) is 17.7 Å². The number of fused-ring (bicyclic) bond motifs is 3. The number of nitrogens with one attached hydrogen (secondary N) is 1. The van der Waals surface area contributed by atoms with Gasteiger partial charge >= 0.3 is 0 Å². The van der Waals surface area contributed by atoms with Gasteiger partial charge in [0.15, 0.2) is 17.2 Å². The maximum atomic E-state index is 15.8. The highest BCUT2D eigenvalue weighted by Crippen LogP contribution is 2.53. The molecule has 198 valence electrons. The first-order chi connectivity index (χ1) is 17.4. The molecule has 9 nitrogen and oxygen atoms in total. The lowest BCUT2D eigenvalue weighted by molar-refractivity contribution is -0.154. The minimum absolute atomic E-state index is 0.0385. The van der Waals surface area contributed by atoms with Crippen molar-refractivity contribution >= 4 is 23.1 Å². The lowest BCUT2D eigenvalue weighted by Crippen LogP contribution is -2.65. The van der Waals surface area contributed by atoms with Gasteiger partial charge < -0.3 is 25.7 Å². The van der Waals surface area contributed by atoms with Crippen molar-refractivity contribution in [3.63, 3.8) is 0 Å². The third kappa shape index (κ3) is 3.42. The van der Waals surface area contributed by atoms with E-state index in [4.69, 9.17) is 0 Å². The van der Waals surface area contributed by atoms with E-state index in [1.165, 1.54) is 6.07 Å². The Balaban J connectivity index is 1.70. The maximum absolute atomic E-state index is 15.8. The lowest BCUT2D eigenvalue weighted by Gasteiger charge is -2.50. The zero-order valence-electron chi connectivity index (χ0n) is 21.0. The molecule has 5 rings (SSSR count). The van der Waals surface area contributed by atoms with Gasteiger partial charge in [0.25, 0.3) is 0 Å². The minimum Gasteiger partial charge on any atom is -0.508 e. The molecule has 1 aromatic rings. The topological polar surface area (TPSA) is 147 Å². The molecule has 1 saturated heterocycles. The second kappa shape index (κ2) is 8.75. The number of benzene rings is 1. The molecule has 1 unspecified atom stereocenters. The van der Waals surface area contributed by atoms with Crippen LogP contribution in [0.15, 0.2) is 23.0 Å². The molecule has 0 aromatic heterocycles. The van der Waals surface area contributed by atoms with Gasteiger partial charge in [-0.2, -0.15) is 0 Å². The van der Waals surface area contributed by atoms with Crippen molar-refractivity contribution in [1.82, 2.24) is 10.2 Å². The molecule has 0 bridgehead atoms. The lowest BCUT2D eigenvalue weighted by atomic mass is 9.57. The van der Waals surface area contributed by atoms with Gasteiger partial charge in [-0.15, -0.1) is 0 Å². The van der Waals surface area contributed by atoms with Crippen LogP contribution in [0.2, 0.25) is 0 Å². The van der Waals surface area contributed by atoms with Crippen molar-refractivity contribution in [3.8, 4) is 5.75 Å². The van der Waals surface area contributed by atoms with Gasteiger partial charge in [-0.05, 0) is 64.7 Å². The van der Waals surface area contributed by atoms with E-state index in [0.29, 0.717) is 19.5 Å². The normalized spacial score (nSPS) is 31.5. The van der Waals surface area contributed by atoms with Crippen LogP contribution in [0.4, 0.5) is 4.39 Å². The summed E-state index contributed by atoms with van der Waals surface area (Å²) < 4.78 is 15.8. The highest BCUT2D eigenvalue weighted by atomic mass is 19.1. The van der Waals surface area contributed by atoms with E-state index in [0.717, 1.165) is 13.3 Å². The molecule has 4 aliphatic rings. The molecule has 1 aliphatic heterocycles. The van der Waals surface area contributed by atoms with Crippen LogP contribution in [0.3, 0.4) is 0 Å². The first kappa shape index (κ1) is 25.6. The molecule has 10 heteroatoms. The highest BCUT2D eigenvalue weighted by Gasteiger charge is 2.64. The van der Waals surface area contributed by atoms with Crippen molar-refractivity contribution < 1.29 is 39.2 Å². The van der Waals surface area contributed by atoms with Gasteiger partial charge in [-0.3, -0.25) is 19.3 Å². The SMILES string of the molecule is CCN(C)[C@@H]1C(=O)C(C(C)=O)=C(O)[C@@]2(O)C(=O)C3=C(O)c4c(O)cc(C5CCCN5)c(F)c4C[C@H]3C[C@@H]12. The maximum Gasteiger partial charge on any atom is 0.202 e. The number of phenolic OH excluding ortho intramolecular Hbond substituents is 1. The number of aromatic hydroxyl groups is 1. The van der Waals surface area contributed by atoms with Crippen LogP contribution in [0.25, 0.3) is 5.76 Å². The van der Waals surface area contributed by atoms with Crippen molar-refractivity contribution in [1.29, 1.82) is 0 Å². The number of hydrogen-bond donors (Lipinski definition) is 5. The van der Waals surface area contributed by atoms with E-state index in [9.17, 15) is 34.8 Å².